The highest BCUT2D eigenvalue weighted by atomic mass is 32.2. The van der Waals surface area contributed by atoms with Crippen LogP contribution in [-0.2, 0) is 9.84 Å². The normalized spacial score (nSPS) is 15.3. The quantitative estimate of drug-likeness (QED) is 0.653. The van der Waals surface area contributed by atoms with Crippen LogP contribution < -0.4 is 4.90 Å². The van der Waals surface area contributed by atoms with E-state index < -0.39 is 9.84 Å². The molecular formula is C17H17N5O3S2. The van der Waals surface area contributed by atoms with E-state index in [1.165, 1.54) is 36.2 Å². The summed E-state index contributed by atoms with van der Waals surface area (Å²) in [5.41, 5.74) is 1.12. The molecule has 0 saturated carbocycles. The average molecular weight is 403 g/mol. The Morgan fingerprint density at radius 1 is 1.15 bits per heavy atom. The number of hydrogen-bond donors (Lipinski definition) is 0. The second-order valence-electron chi connectivity index (χ2n) is 6.27. The minimum Gasteiger partial charge on any atom is -0.345 e. The first kappa shape index (κ1) is 17.8. The van der Waals surface area contributed by atoms with Crippen molar-refractivity contribution in [2.45, 2.75) is 4.90 Å². The maximum absolute atomic E-state index is 12.5. The summed E-state index contributed by atoms with van der Waals surface area (Å²) < 4.78 is 24.3. The highest BCUT2D eigenvalue weighted by molar-refractivity contribution is 7.90. The molecule has 27 heavy (non-hydrogen) atoms. The van der Waals surface area contributed by atoms with Gasteiger partial charge in [-0.15, -0.1) is 0 Å². The fraction of sp³-hybridized carbons (Fsp3) is 0.294. The van der Waals surface area contributed by atoms with Crippen LogP contribution in [0, 0.1) is 0 Å². The Morgan fingerprint density at radius 3 is 2.59 bits per heavy atom. The van der Waals surface area contributed by atoms with Gasteiger partial charge in [0.05, 0.1) is 21.3 Å². The molecule has 1 aromatic carbocycles. The van der Waals surface area contributed by atoms with E-state index in [0.29, 0.717) is 36.8 Å². The van der Waals surface area contributed by atoms with E-state index in [4.69, 9.17) is 0 Å². The van der Waals surface area contributed by atoms with Crippen LogP contribution in [0.1, 0.15) is 10.5 Å². The summed E-state index contributed by atoms with van der Waals surface area (Å²) in [4.78, 5) is 29.2. The van der Waals surface area contributed by atoms with Crippen molar-refractivity contribution in [3.8, 4) is 0 Å². The number of nitrogens with zero attached hydrogens (tertiary/aromatic N) is 5. The lowest BCUT2D eigenvalue weighted by molar-refractivity contribution is 0.0740. The molecule has 10 heteroatoms. The Balaban J connectivity index is 1.49. The van der Waals surface area contributed by atoms with Gasteiger partial charge in [-0.25, -0.2) is 18.4 Å². The summed E-state index contributed by atoms with van der Waals surface area (Å²) in [6.07, 6.45) is 5.72. The molecule has 0 radical (unpaired) electrons. The van der Waals surface area contributed by atoms with Gasteiger partial charge in [0.15, 0.2) is 15.0 Å². The molecule has 0 aliphatic carbocycles. The van der Waals surface area contributed by atoms with Gasteiger partial charge in [0.1, 0.15) is 5.69 Å². The van der Waals surface area contributed by atoms with Gasteiger partial charge in [0.2, 0.25) is 0 Å². The van der Waals surface area contributed by atoms with E-state index in [9.17, 15) is 13.2 Å². The van der Waals surface area contributed by atoms with Crippen LogP contribution in [0.2, 0.25) is 0 Å². The second kappa shape index (κ2) is 6.86. The van der Waals surface area contributed by atoms with Crippen molar-refractivity contribution in [3.63, 3.8) is 0 Å². The standard InChI is InChI=1S/C17H17N5O3S2/c1-27(24,25)12-2-3-13-15(10-12)26-17(20-13)22-8-6-21(7-9-22)16(23)14-11-18-4-5-19-14/h2-5,10-11H,6-9H2,1H3. The van der Waals surface area contributed by atoms with Gasteiger partial charge in [-0.2, -0.15) is 0 Å². The molecule has 8 nitrogen and oxygen atoms in total. The van der Waals surface area contributed by atoms with Crippen molar-refractivity contribution in [1.82, 2.24) is 19.9 Å². The van der Waals surface area contributed by atoms with Crippen LogP contribution >= 0.6 is 11.3 Å². The first-order valence-electron chi connectivity index (χ1n) is 8.33. The number of amides is 1. The Kier molecular flexibility index (Phi) is 4.52. The maximum Gasteiger partial charge on any atom is 0.274 e. The Hall–Kier alpha value is -2.59. The van der Waals surface area contributed by atoms with E-state index in [-0.39, 0.29) is 5.91 Å². The number of rotatable bonds is 3. The molecule has 1 amide bonds. The van der Waals surface area contributed by atoms with Gasteiger partial charge in [-0.3, -0.25) is 9.78 Å². The van der Waals surface area contributed by atoms with Gasteiger partial charge < -0.3 is 9.80 Å². The summed E-state index contributed by atoms with van der Waals surface area (Å²) in [6, 6.07) is 4.98. The van der Waals surface area contributed by atoms with Crippen LogP contribution in [-0.4, -0.2) is 66.6 Å². The maximum atomic E-state index is 12.5. The molecule has 3 aromatic rings. The molecule has 1 saturated heterocycles. The van der Waals surface area contributed by atoms with Crippen LogP contribution in [0.15, 0.2) is 41.7 Å². The van der Waals surface area contributed by atoms with Crippen molar-refractivity contribution in [2.75, 3.05) is 37.3 Å². The van der Waals surface area contributed by atoms with Gasteiger partial charge in [-0.1, -0.05) is 11.3 Å². The Labute approximate surface area is 160 Å². The second-order valence-corrected chi connectivity index (χ2v) is 9.29. The molecule has 1 aliphatic heterocycles. The van der Waals surface area contributed by atoms with Crippen LogP contribution in [0.3, 0.4) is 0 Å². The molecule has 2 aromatic heterocycles. The molecule has 0 unspecified atom stereocenters. The monoisotopic (exact) mass is 403 g/mol. The number of fused-ring (bicyclic) bond motifs is 1. The van der Waals surface area contributed by atoms with Crippen molar-refractivity contribution < 1.29 is 13.2 Å². The van der Waals surface area contributed by atoms with Crippen molar-refractivity contribution in [1.29, 1.82) is 0 Å². The fourth-order valence-corrected chi connectivity index (χ4v) is 4.71. The third-order valence-corrected chi connectivity index (χ3v) is 6.59. The van der Waals surface area contributed by atoms with Gasteiger partial charge in [0, 0.05) is 44.8 Å². The lowest BCUT2D eigenvalue weighted by Crippen LogP contribution is -2.49. The van der Waals surface area contributed by atoms with Gasteiger partial charge in [0.25, 0.3) is 5.91 Å². The zero-order chi connectivity index (χ0) is 19.0. The molecule has 3 heterocycles. The molecule has 1 fully saturated rings. The summed E-state index contributed by atoms with van der Waals surface area (Å²) in [5, 5.41) is 0.835. The third-order valence-electron chi connectivity index (χ3n) is 4.40. The van der Waals surface area contributed by atoms with Crippen molar-refractivity contribution in [2.24, 2.45) is 0 Å². The first-order valence-corrected chi connectivity index (χ1v) is 11.0. The summed E-state index contributed by atoms with van der Waals surface area (Å²) in [6.45, 7) is 2.45. The highest BCUT2D eigenvalue weighted by Gasteiger charge is 2.24. The zero-order valence-electron chi connectivity index (χ0n) is 14.6. The molecule has 0 spiro atoms. The van der Waals surface area contributed by atoms with Gasteiger partial charge >= 0.3 is 0 Å². The van der Waals surface area contributed by atoms with E-state index >= 15 is 0 Å². The molecule has 1 aliphatic rings. The number of carbonyl (C=O) groups excluding carboxylic acids is 1. The number of carbonyl (C=O) groups is 1. The largest absolute Gasteiger partial charge is 0.345 e. The molecule has 0 bridgehead atoms. The SMILES string of the molecule is CS(=O)(=O)c1ccc2nc(N3CCN(C(=O)c4cnccn4)CC3)sc2c1. The predicted molar refractivity (Wildman–Crippen MR) is 103 cm³/mol. The van der Waals surface area contributed by atoms with Crippen LogP contribution in [0.4, 0.5) is 5.13 Å². The summed E-state index contributed by atoms with van der Waals surface area (Å²) in [5.74, 6) is -0.121. The summed E-state index contributed by atoms with van der Waals surface area (Å²) >= 11 is 1.46. The van der Waals surface area contributed by atoms with E-state index in [2.05, 4.69) is 19.9 Å². The number of piperazine rings is 1. The number of anilines is 1. The molecule has 140 valence electrons. The Morgan fingerprint density at radius 2 is 1.93 bits per heavy atom. The zero-order valence-corrected chi connectivity index (χ0v) is 16.2. The third kappa shape index (κ3) is 3.62. The number of hydrogen-bond acceptors (Lipinski definition) is 8. The molecule has 0 N–H and O–H groups in total. The van der Waals surface area contributed by atoms with E-state index in [1.54, 1.807) is 23.1 Å². The van der Waals surface area contributed by atoms with Crippen LogP contribution in [0.5, 0.6) is 0 Å². The van der Waals surface area contributed by atoms with E-state index in [0.717, 1.165) is 15.3 Å². The first-order chi connectivity index (χ1) is 12.9. The molecule has 4 rings (SSSR count). The predicted octanol–water partition coefficient (Wildman–Crippen LogP) is 1.45. The Bertz CT molecular complexity index is 1090. The number of sulfone groups is 1. The number of benzene rings is 1. The molecule has 0 atom stereocenters. The fourth-order valence-electron chi connectivity index (χ4n) is 2.93. The number of aromatic nitrogens is 3. The van der Waals surface area contributed by atoms with Crippen LogP contribution in [0.25, 0.3) is 10.2 Å². The smallest absolute Gasteiger partial charge is 0.274 e. The molecular weight excluding hydrogens is 386 g/mol. The minimum atomic E-state index is -3.24. The average Bonchev–Trinajstić information content (AvgIpc) is 3.11. The van der Waals surface area contributed by atoms with Crippen molar-refractivity contribution in [3.05, 3.63) is 42.5 Å². The highest BCUT2D eigenvalue weighted by Crippen LogP contribution is 2.31. The topological polar surface area (TPSA) is 96.4 Å². The van der Waals surface area contributed by atoms with Crippen molar-refractivity contribution >= 4 is 42.4 Å². The lowest BCUT2D eigenvalue weighted by atomic mass is 10.3. The minimum absolute atomic E-state index is 0.121. The van der Waals surface area contributed by atoms with Gasteiger partial charge in [-0.05, 0) is 18.2 Å². The van der Waals surface area contributed by atoms with E-state index in [1.807, 2.05) is 0 Å². The number of thiazole rings is 1. The summed E-state index contributed by atoms with van der Waals surface area (Å²) in [7, 11) is -3.24. The lowest BCUT2D eigenvalue weighted by Gasteiger charge is -2.34.